The summed E-state index contributed by atoms with van der Waals surface area (Å²) >= 11 is 3.61. The van der Waals surface area contributed by atoms with E-state index in [0.717, 1.165) is 63.1 Å². The monoisotopic (exact) mass is 554 g/mol. The molecule has 0 spiro atoms. The van der Waals surface area contributed by atoms with Crippen LogP contribution in [0.2, 0.25) is 0 Å². The van der Waals surface area contributed by atoms with E-state index in [2.05, 4.69) is 67.9 Å². The second-order valence-electron chi connectivity index (χ2n) is 9.96. The Balaban J connectivity index is 3.07. The number of rotatable bonds is 24. The first-order chi connectivity index (χ1) is 17.2. The molecule has 1 unspecified atom stereocenters. The average molecular weight is 556 g/mol. The van der Waals surface area contributed by atoms with Crippen LogP contribution in [-0.2, 0) is 26.0 Å². The molecule has 1 aromatic rings. The highest BCUT2D eigenvalue weighted by Gasteiger charge is 2.42. The predicted molar refractivity (Wildman–Crippen MR) is 154 cm³/mol. The quantitative estimate of drug-likeness (QED) is 0.0722. The number of benzene rings is 1. The van der Waals surface area contributed by atoms with Gasteiger partial charge in [0.25, 0.3) is 5.97 Å². The van der Waals surface area contributed by atoms with Crippen LogP contribution in [0.3, 0.4) is 0 Å². The summed E-state index contributed by atoms with van der Waals surface area (Å²) in [7, 11) is 0. The molecular formula is C31H55BrO3. The zero-order valence-corrected chi connectivity index (χ0v) is 25.0. The van der Waals surface area contributed by atoms with Crippen LogP contribution in [0, 0.1) is 5.92 Å². The normalized spacial score (nSPS) is 12.8. The third-order valence-corrected chi connectivity index (χ3v) is 7.38. The summed E-state index contributed by atoms with van der Waals surface area (Å²) in [6.45, 7) is 11.0. The number of aryl methyl sites for hydroxylation is 1. The van der Waals surface area contributed by atoms with E-state index in [0.29, 0.717) is 19.8 Å². The molecular weight excluding hydrogens is 500 g/mol. The lowest BCUT2D eigenvalue weighted by atomic mass is 9.90. The molecule has 0 saturated carbocycles. The zero-order valence-electron chi connectivity index (χ0n) is 23.4. The highest BCUT2D eigenvalue weighted by molar-refractivity contribution is 9.08. The van der Waals surface area contributed by atoms with Crippen LogP contribution < -0.4 is 0 Å². The Morgan fingerprint density at radius 3 is 1.71 bits per heavy atom. The Hall–Kier alpha value is -0.420. The van der Waals surface area contributed by atoms with Crippen molar-refractivity contribution in [2.45, 2.75) is 135 Å². The van der Waals surface area contributed by atoms with Crippen LogP contribution in [0.4, 0.5) is 0 Å². The number of hydrogen-bond acceptors (Lipinski definition) is 3. The molecule has 204 valence electrons. The second-order valence-corrected chi connectivity index (χ2v) is 10.5. The van der Waals surface area contributed by atoms with E-state index in [9.17, 15) is 0 Å². The molecule has 4 heteroatoms. The molecule has 3 nitrogen and oxygen atoms in total. The molecule has 0 fully saturated rings. The van der Waals surface area contributed by atoms with Crippen LogP contribution in [0.25, 0.3) is 0 Å². The van der Waals surface area contributed by atoms with E-state index in [-0.39, 0.29) is 5.92 Å². The first kappa shape index (κ1) is 32.6. The Labute approximate surface area is 226 Å². The molecule has 1 aromatic carbocycles. The molecule has 35 heavy (non-hydrogen) atoms. The molecule has 0 aliphatic heterocycles. The van der Waals surface area contributed by atoms with Gasteiger partial charge in [-0.15, -0.1) is 0 Å². The van der Waals surface area contributed by atoms with Gasteiger partial charge in [0.05, 0.1) is 19.8 Å². The summed E-state index contributed by atoms with van der Waals surface area (Å²) in [6, 6.07) is 8.94. The zero-order chi connectivity index (χ0) is 25.6. The highest BCUT2D eigenvalue weighted by atomic mass is 79.9. The summed E-state index contributed by atoms with van der Waals surface area (Å²) in [6.07, 6.45) is 17.4. The topological polar surface area (TPSA) is 27.7 Å². The van der Waals surface area contributed by atoms with Crippen molar-refractivity contribution in [1.29, 1.82) is 0 Å². The third-order valence-electron chi connectivity index (χ3n) is 6.74. The van der Waals surface area contributed by atoms with E-state index in [4.69, 9.17) is 14.2 Å². The highest BCUT2D eigenvalue weighted by Crippen LogP contribution is 2.35. The molecule has 0 saturated heterocycles. The molecule has 0 aliphatic carbocycles. The van der Waals surface area contributed by atoms with Crippen molar-refractivity contribution >= 4 is 15.9 Å². The second kappa shape index (κ2) is 21.6. The van der Waals surface area contributed by atoms with Gasteiger partial charge >= 0.3 is 0 Å². The molecule has 0 bridgehead atoms. The van der Waals surface area contributed by atoms with Gasteiger partial charge in [-0.1, -0.05) is 126 Å². The van der Waals surface area contributed by atoms with E-state index in [1.165, 1.54) is 49.7 Å². The maximum atomic E-state index is 6.60. The lowest BCUT2D eigenvalue weighted by Gasteiger charge is -2.40. The molecule has 0 heterocycles. The maximum absolute atomic E-state index is 6.60. The van der Waals surface area contributed by atoms with Gasteiger partial charge in [0.15, 0.2) is 0 Å². The summed E-state index contributed by atoms with van der Waals surface area (Å²) in [5.41, 5.74) is 2.72. The minimum absolute atomic E-state index is 0.229. The van der Waals surface area contributed by atoms with Crippen molar-refractivity contribution in [3.8, 4) is 0 Å². The Bertz CT molecular complexity index is 580. The number of unbranched alkanes of at least 4 members (excludes halogenated alkanes) is 8. The van der Waals surface area contributed by atoms with E-state index in [1.807, 2.05) is 0 Å². The van der Waals surface area contributed by atoms with Gasteiger partial charge in [0, 0.05) is 11.2 Å². The lowest BCUT2D eigenvalue weighted by molar-refractivity contribution is -0.407. The van der Waals surface area contributed by atoms with Crippen molar-refractivity contribution < 1.29 is 14.2 Å². The predicted octanol–water partition coefficient (Wildman–Crippen LogP) is 9.98. The summed E-state index contributed by atoms with van der Waals surface area (Å²) in [5.74, 6) is -0.692. The van der Waals surface area contributed by atoms with Crippen LogP contribution in [0.5, 0.6) is 0 Å². The fraction of sp³-hybridized carbons (Fsp3) is 0.806. The first-order valence-electron chi connectivity index (χ1n) is 14.7. The first-order valence-corrected chi connectivity index (χ1v) is 15.8. The lowest BCUT2D eigenvalue weighted by Crippen LogP contribution is -2.47. The minimum Gasteiger partial charge on any atom is -0.327 e. The van der Waals surface area contributed by atoms with Crippen LogP contribution >= 0.6 is 15.9 Å². The van der Waals surface area contributed by atoms with E-state index < -0.39 is 5.97 Å². The molecule has 0 N–H and O–H groups in total. The maximum Gasteiger partial charge on any atom is 0.285 e. The van der Waals surface area contributed by atoms with E-state index >= 15 is 0 Å². The van der Waals surface area contributed by atoms with Gasteiger partial charge in [0.1, 0.15) is 0 Å². The van der Waals surface area contributed by atoms with Gasteiger partial charge in [0.2, 0.25) is 0 Å². The van der Waals surface area contributed by atoms with Gasteiger partial charge < -0.3 is 14.2 Å². The molecule has 0 aliphatic rings. The smallest absolute Gasteiger partial charge is 0.285 e. The largest absolute Gasteiger partial charge is 0.327 e. The fourth-order valence-electron chi connectivity index (χ4n) is 4.43. The number of hydrogen-bond donors (Lipinski definition) is 0. The van der Waals surface area contributed by atoms with Gasteiger partial charge in [-0.2, -0.15) is 0 Å². The van der Waals surface area contributed by atoms with Crippen LogP contribution in [0.1, 0.15) is 129 Å². The standard InChI is InChI=1S/C31H55BrO3/c1-5-9-13-14-15-16-20-30(22-21-28-18-17-19-29(26-28)27-32)31(33-23-10-6-2,34-24-11-7-3)35-25-12-8-4/h17-19,26,30H,5-16,20-25,27H2,1-4H3. The molecule has 1 rings (SSSR count). The van der Waals surface area contributed by atoms with Crippen molar-refractivity contribution in [2.75, 3.05) is 19.8 Å². The van der Waals surface area contributed by atoms with Crippen molar-refractivity contribution in [3.63, 3.8) is 0 Å². The number of halogens is 1. The van der Waals surface area contributed by atoms with Gasteiger partial charge in [-0.25, -0.2) is 0 Å². The van der Waals surface area contributed by atoms with Crippen LogP contribution in [0.15, 0.2) is 24.3 Å². The molecule has 1 atom stereocenters. The van der Waals surface area contributed by atoms with Crippen molar-refractivity contribution in [2.24, 2.45) is 5.92 Å². The average Bonchev–Trinajstić information content (AvgIpc) is 2.88. The molecule has 0 aromatic heterocycles. The summed E-state index contributed by atoms with van der Waals surface area (Å²) in [5, 5.41) is 0.895. The van der Waals surface area contributed by atoms with E-state index in [1.54, 1.807) is 0 Å². The fourth-order valence-corrected chi connectivity index (χ4v) is 4.78. The number of ether oxygens (including phenoxy) is 3. The minimum atomic E-state index is -0.921. The Morgan fingerprint density at radius 1 is 0.657 bits per heavy atom. The Morgan fingerprint density at radius 2 is 1.17 bits per heavy atom. The summed E-state index contributed by atoms with van der Waals surface area (Å²) < 4.78 is 19.8. The van der Waals surface area contributed by atoms with Gasteiger partial charge in [-0.05, 0) is 49.7 Å². The van der Waals surface area contributed by atoms with Gasteiger partial charge in [-0.3, -0.25) is 0 Å². The SMILES string of the molecule is CCCCCCCCC(CCc1cccc(CBr)c1)C(OCCCC)(OCCCC)OCCCC. The summed E-state index contributed by atoms with van der Waals surface area (Å²) in [4.78, 5) is 0. The number of alkyl halides is 1. The van der Waals surface area contributed by atoms with Crippen LogP contribution in [-0.4, -0.2) is 25.8 Å². The van der Waals surface area contributed by atoms with Crippen molar-refractivity contribution in [1.82, 2.24) is 0 Å². The molecule has 0 radical (unpaired) electrons. The third kappa shape index (κ3) is 14.2. The molecule has 0 amide bonds. The van der Waals surface area contributed by atoms with Crippen molar-refractivity contribution in [3.05, 3.63) is 35.4 Å². The Kier molecular flexibility index (Phi) is 20.2.